The molecule has 1 aromatic rings. The first kappa shape index (κ1) is 16.4. The standard InChI is InChI=1S/C14H22BrNO3/c1-18-10-7-16-11-12-5-4-6-13(15)14(12)19-9-3-2-8-17/h4-6,16-17H,2-3,7-11H2,1H3. The molecular formula is C14H22BrNO3. The van der Waals surface area contributed by atoms with Crippen molar-refractivity contribution in [2.24, 2.45) is 0 Å². The minimum atomic E-state index is 0.213. The van der Waals surface area contributed by atoms with Gasteiger partial charge in [0, 0.05) is 32.4 Å². The molecule has 2 N–H and O–H groups in total. The summed E-state index contributed by atoms with van der Waals surface area (Å²) in [4.78, 5) is 0. The summed E-state index contributed by atoms with van der Waals surface area (Å²) >= 11 is 3.51. The van der Waals surface area contributed by atoms with Crippen molar-refractivity contribution in [1.29, 1.82) is 0 Å². The largest absolute Gasteiger partial charge is 0.492 e. The molecule has 0 aliphatic rings. The average molecular weight is 332 g/mol. The van der Waals surface area contributed by atoms with Crippen molar-refractivity contribution < 1.29 is 14.6 Å². The predicted molar refractivity (Wildman–Crippen MR) is 79.5 cm³/mol. The highest BCUT2D eigenvalue weighted by molar-refractivity contribution is 9.10. The van der Waals surface area contributed by atoms with E-state index in [1.54, 1.807) is 7.11 Å². The minimum absolute atomic E-state index is 0.213. The monoisotopic (exact) mass is 331 g/mol. The first-order chi connectivity index (χ1) is 9.29. The SMILES string of the molecule is COCCNCc1cccc(Br)c1OCCCCO. The van der Waals surface area contributed by atoms with Crippen molar-refractivity contribution in [2.45, 2.75) is 19.4 Å². The zero-order valence-corrected chi connectivity index (χ0v) is 12.9. The molecule has 5 heteroatoms. The van der Waals surface area contributed by atoms with Crippen LogP contribution in [0.1, 0.15) is 18.4 Å². The molecule has 0 aliphatic heterocycles. The fourth-order valence-electron chi connectivity index (χ4n) is 1.64. The Hall–Kier alpha value is -0.620. The van der Waals surface area contributed by atoms with Gasteiger partial charge in [-0.15, -0.1) is 0 Å². The van der Waals surface area contributed by atoms with E-state index in [-0.39, 0.29) is 6.61 Å². The molecule has 0 spiro atoms. The maximum atomic E-state index is 8.75. The van der Waals surface area contributed by atoms with Crippen LogP contribution in [0.4, 0.5) is 0 Å². The summed E-state index contributed by atoms with van der Waals surface area (Å²) in [5.74, 6) is 0.880. The van der Waals surface area contributed by atoms with Crippen molar-refractivity contribution in [3.8, 4) is 5.75 Å². The number of methoxy groups -OCH3 is 1. The third kappa shape index (κ3) is 6.38. The van der Waals surface area contributed by atoms with E-state index < -0.39 is 0 Å². The molecule has 0 fully saturated rings. The zero-order valence-electron chi connectivity index (χ0n) is 11.3. The molecule has 4 nitrogen and oxygen atoms in total. The number of unbranched alkanes of at least 4 members (excludes halogenated alkanes) is 1. The Balaban J connectivity index is 2.51. The van der Waals surface area contributed by atoms with Crippen molar-refractivity contribution in [3.05, 3.63) is 28.2 Å². The van der Waals surface area contributed by atoms with Crippen LogP contribution in [0.2, 0.25) is 0 Å². The number of halogens is 1. The molecule has 0 amide bonds. The lowest BCUT2D eigenvalue weighted by Crippen LogP contribution is -2.19. The van der Waals surface area contributed by atoms with Crippen LogP contribution in [-0.4, -0.2) is 38.6 Å². The van der Waals surface area contributed by atoms with Gasteiger partial charge in [-0.2, -0.15) is 0 Å². The molecule has 0 radical (unpaired) electrons. The van der Waals surface area contributed by atoms with Crippen LogP contribution >= 0.6 is 15.9 Å². The molecule has 0 atom stereocenters. The third-order valence-electron chi connectivity index (χ3n) is 2.65. The van der Waals surface area contributed by atoms with Gasteiger partial charge in [0.05, 0.1) is 17.7 Å². The molecule has 1 aromatic carbocycles. The number of hydrogen-bond acceptors (Lipinski definition) is 4. The predicted octanol–water partition coefficient (Wildman–Crippen LogP) is 2.34. The number of aliphatic hydroxyl groups is 1. The molecule has 0 aliphatic carbocycles. The van der Waals surface area contributed by atoms with Gasteiger partial charge < -0.3 is 19.9 Å². The molecule has 0 bridgehead atoms. The maximum Gasteiger partial charge on any atom is 0.137 e. The van der Waals surface area contributed by atoms with Crippen molar-refractivity contribution in [2.75, 3.05) is 33.5 Å². The molecular weight excluding hydrogens is 310 g/mol. The first-order valence-corrected chi connectivity index (χ1v) is 7.29. The van der Waals surface area contributed by atoms with Crippen LogP contribution in [0.25, 0.3) is 0 Å². The molecule has 0 saturated carbocycles. The van der Waals surface area contributed by atoms with Crippen LogP contribution in [-0.2, 0) is 11.3 Å². The number of nitrogens with one attached hydrogen (secondary N) is 1. The maximum absolute atomic E-state index is 8.75. The van der Waals surface area contributed by atoms with Gasteiger partial charge in [-0.3, -0.25) is 0 Å². The van der Waals surface area contributed by atoms with E-state index in [1.807, 2.05) is 18.2 Å². The second kappa shape index (κ2) is 10.2. The smallest absolute Gasteiger partial charge is 0.137 e. The van der Waals surface area contributed by atoms with Gasteiger partial charge in [0.2, 0.25) is 0 Å². The van der Waals surface area contributed by atoms with Crippen molar-refractivity contribution in [1.82, 2.24) is 5.32 Å². The van der Waals surface area contributed by atoms with E-state index in [4.69, 9.17) is 14.6 Å². The van der Waals surface area contributed by atoms with E-state index in [0.717, 1.165) is 41.7 Å². The highest BCUT2D eigenvalue weighted by atomic mass is 79.9. The average Bonchev–Trinajstić information content (AvgIpc) is 2.42. The lowest BCUT2D eigenvalue weighted by molar-refractivity contribution is 0.199. The highest BCUT2D eigenvalue weighted by Crippen LogP contribution is 2.29. The summed E-state index contributed by atoms with van der Waals surface area (Å²) in [6, 6.07) is 6.02. The lowest BCUT2D eigenvalue weighted by Gasteiger charge is -2.13. The highest BCUT2D eigenvalue weighted by Gasteiger charge is 2.07. The quantitative estimate of drug-likeness (QED) is 0.646. The van der Waals surface area contributed by atoms with Gasteiger partial charge in [0.1, 0.15) is 5.75 Å². The Kier molecular flexibility index (Phi) is 8.82. The Labute approximate surface area is 123 Å². The molecule has 1 rings (SSSR count). The van der Waals surface area contributed by atoms with Gasteiger partial charge in [-0.05, 0) is 34.8 Å². The number of benzene rings is 1. The summed E-state index contributed by atoms with van der Waals surface area (Å²) < 4.78 is 11.8. The Bertz CT molecular complexity index is 361. The lowest BCUT2D eigenvalue weighted by atomic mass is 10.2. The summed E-state index contributed by atoms with van der Waals surface area (Å²) in [7, 11) is 1.69. The Morgan fingerprint density at radius 1 is 1.26 bits per heavy atom. The van der Waals surface area contributed by atoms with Crippen molar-refractivity contribution >= 4 is 15.9 Å². The van der Waals surface area contributed by atoms with Crippen LogP contribution < -0.4 is 10.1 Å². The van der Waals surface area contributed by atoms with E-state index in [2.05, 4.69) is 21.2 Å². The Morgan fingerprint density at radius 2 is 2.11 bits per heavy atom. The molecule has 0 unspecified atom stereocenters. The Morgan fingerprint density at radius 3 is 2.84 bits per heavy atom. The molecule has 0 saturated heterocycles. The van der Waals surface area contributed by atoms with Crippen LogP contribution in [0.5, 0.6) is 5.75 Å². The summed E-state index contributed by atoms with van der Waals surface area (Å²) in [5, 5.41) is 12.1. The van der Waals surface area contributed by atoms with E-state index in [0.29, 0.717) is 13.2 Å². The van der Waals surface area contributed by atoms with Crippen molar-refractivity contribution in [3.63, 3.8) is 0 Å². The first-order valence-electron chi connectivity index (χ1n) is 6.50. The summed E-state index contributed by atoms with van der Waals surface area (Å²) in [6.07, 6.45) is 1.63. The fourth-order valence-corrected chi connectivity index (χ4v) is 2.16. The normalized spacial score (nSPS) is 10.7. The molecule has 19 heavy (non-hydrogen) atoms. The van der Waals surface area contributed by atoms with Gasteiger partial charge in [0.25, 0.3) is 0 Å². The van der Waals surface area contributed by atoms with E-state index >= 15 is 0 Å². The van der Waals surface area contributed by atoms with E-state index in [1.165, 1.54) is 0 Å². The second-order valence-electron chi connectivity index (χ2n) is 4.18. The molecule has 0 aromatic heterocycles. The van der Waals surface area contributed by atoms with Crippen LogP contribution in [0.15, 0.2) is 22.7 Å². The van der Waals surface area contributed by atoms with Gasteiger partial charge in [-0.25, -0.2) is 0 Å². The topological polar surface area (TPSA) is 50.7 Å². The fraction of sp³-hybridized carbons (Fsp3) is 0.571. The van der Waals surface area contributed by atoms with Crippen LogP contribution in [0.3, 0.4) is 0 Å². The second-order valence-corrected chi connectivity index (χ2v) is 5.03. The number of para-hydroxylation sites is 1. The van der Waals surface area contributed by atoms with Gasteiger partial charge >= 0.3 is 0 Å². The number of hydrogen-bond donors (Lipinski definition) is 2. The van der Waals surface area contributed by atoms with Gasteiger partial charge in [0.15, 0.2) is 0 Å². The zero-order chi connectivity index (χ0) is 13.9. The minimum Gasteiger partial charge on any atom is -0.492 e. The van der Waals surface area contributed by atoms with E-state index in [9.17, 15) is 0 Å². The molecule has 0 heterocycles. The third-order valence-corrected chi connectivity index (χ3v) is 3.27. The summed E-state index contributed by atoms with van der Waals surface area (Å²) in [6.45, 7) is 3.09. The number of rotatable bonds is 10. The summed E-state index contributed by atoms with van der Waals surface area (Å²) in [5.41, 5.74) is 1.12. The molecule has 108 valence electrons. The van der Waals surface area contributed by atoms with Gasteiger partial charge in [-0.1, -0.05) is 12.1 Å². The van der Waals surface area contributed by atoms with Crippen LogP contribution in [0, 0.1) is 0 Å². The number of ether oxygens (including phenoxy) is 2. The number of aliphatic hydroxyl groups excluding tert-OH is 1.